The van der Waals surface area contributed by atoms with Gasteiger partial charge in [0.15, 0.2) is 0 Å². The molecule has 6 nitrogen and oxygen atoms in total. The van der Waals surface area contributed by atoms with Crippen molar-refractivity contribution in [2.75, 3.05) is 0 Å². The van der Waals surface area contributed by atoms with E-state index in [0.717, 1.165) is 0 Å². The van der Waals surface area contributed by atoms with E-state index in [9.17, 15) is 14.9 Å². The van der Waals surface area contributed by atoms with Gasteiger partial charge in [0, 0.05) is 12.5 Å². The van der Waals surface area contributed by atoms with E-state index in [1.54, 1.807) is 18.2 Å². The highest BCUT2D eigenvalue weighted by Crippen LogP contribution is 2.25. The summed E-state index contributed by atoms with van der Waals surface area (Å²) < 4.78 is 0. The Morgan fingerprint density at radius 2 is 2.00 bits per heavy atom. The summed E-state index contributed by atoms with van der Waals surface area (Å²) in [6.07, 6.45) is 0.193. The fourth-order valence-electron chi connectivity index (χ4n) is 2.19. The molecular weight excluding hydrogens is 306 g/mol. The number of aromatic amines is 1. The van der Waals surface area contributed by atoms with Gasteiger partial charge in [-0.15, -0.1) is 0 Å². The fourth-order valence-corrected chi connectivity index (χ4v) is 2.38. The summed E-state index contributed by atoms with van der Waals surface area (Å²) in [5, 5.41) is 11.0. The van der Waals surface area contributed by atoms with Gasteiger partial charge in [0.2, 0.25) is 0 Å². The molecule has 0 spiro atoms. The van der Waals surface area contributed by atoms with E-state index in [-0.39, 0.29) is 22.7 Å². The van der Waals surface area contributed by atoms with Crippen LogP contribution in [0.5, 0.6) is 0 Å². The molecule has 1 aromatic heterocycles. The number of nitrogens with zero attached hydrogens (tertiary/aromatic N) is 2. The average Bonchev–Trinajstić information content (AvgIpc) is 2.49. The number of aromatic nitrogens is 2. The van der Waals surface area contributed by atoms with E-state index in [1.807, 2.05) is 12.1 Å². The van der Waals surface area contributed by atoms with Gasteiger partial charge < -0.3 is 4.98 Å². The Hall–Kier alpha value is -2.73. The van der Waals surface area contributed by atoms with Crippen molar-refractivity contribution < 1.29 is 4.92 Å². The zero-order valence-corrected chi connectivity index (χ0v) is 12.0. The van der Waals surface area contributed by atoms with E-state index in [2.05, 4.69) is 9.97 Å². The summed E-state index contributed by atoms with van der Waals surface area (Å²) in [7, 11) is 0. The Bertz CT molecular complexity index is 937. The van der Waals surface area contributed by atoms with Gasteiger partial charge in [0.05, 0.1) is 16.0 Å². The molecule has 0 amide bonds. The molecule has 3 rings (SSSR count). The fraction of sp³-hybridized carbons (Fsp3) is 0.0667. The second-order valence-corrected chi connectivity index (χ2v) is 5.16. The first-order valence-corrected chi connectivity index (χ1v) is 6.83. The van der Waals surface area contributed by atoms with Gasteiger partial charge in [-0.2, -0.15) is 0 Å². The van der Waals surface area contributed by atoms with Crippen LogP contribution in [0.1, 0.15) is 11.3 Å². The number of nitrogens with one attached hydrogen (secondary N) is 1. The van der Waals surface area contributed by atoms with Crippen LogP contribution in [-0.4, -0.2) is 14.9 Å². The Morgan fingerprint density at radius 1 is 1.23 bits per heavy atom. The number of para-hydroxylation sites is 2. The summed E-state index contributed by atoms with van der Waals surface area (Å²) in [6.45, 7) is 0. The lowest BCUT2D eigenvalue weighted by molar-refractivity contribution is -0.384. The maximum Gasteiger partial charge on any atom is 0.288 e. The first kappa shape index (κ1) is 14.2. The topological polar surface area (TPSA) is 88.9 Å². The maximum absolute atomic E-state index is 12.0. The van der Waals surface area contributed by atoms with Crippen molar-refractivity contribution in [1.82, 2.24) is 9.97 Å². The van der Waals surface area contributed by atoms with Crippen LogP contribution in [0.15, 0.2) is 47.3 Å². The average molecular weight is 316 g/mol. The first-order chi connectivity index (χ1) is 10.5. The molecule has 0 bridgehead atoms. The summed E-state index contributed by atoms with van der Waals surface area (Å²) in [6, 6.07) is 11.6. The molecule has 0 aliphatic heterocycles. The van der Waals surface area contributed by atoms with Crippen molar-refractivity contribution in [3.05, 3.63) is 79.2 Å². The number of nitro benzene ring substituents is 1. The van der Waals surface area contributed by atoms with E-state index in [4.69, 9.17) is 11.6 Å². The van der Waals surface area contributed by atoms with Crippen molar-refractivity contribution in [2.45, 2.75) is 6.42 Å². The molecule has 0 radical (unpaired) electrons. The Labute approximate surface area is 129 Å². The van der Waals surface area contributed by atoms with Crippen LogP contribution in [0, 0.1) is 10.1 Å². The third-order valence-electron chi connectivity index (χ3n) is 3.25. The van der Waals surface area contributed by atoms with Gasteiger partial charge in [0.1, 0.15) is 10.7 Å². The molecule has 0 fully saturated rings. The third-order valence-corrected chi connectivity index (χ3v) is 3.57. The van der Waals surface area contributed by atoms with Gasteiger partial charge >= 0.3 is 0 Å². The van der Waals surface area contributed by atoms with Crippen LogP contribution in [0.3, 0.4) is 0 Å². The molecule has 1 N–H and O–H groups in total. The van der Waals surface area contributed by atoms with E-state index in [1.165, 1.54) is 12.1 Å². The Morgan fingerprint density at radius 3 is 2.77 bits per heavy atom. The lowest BCUT2D eigenvalue weighted by Crippen LogP contribution is -2.15. The second kappa shape index (κ2) is 5.57. The number of halogens is 1. The van der Waals surface area contributed by atoms with Crippen molar-refractivity contribution in [3.8, 4) is 0 Å². The third kappa shape index (κ3) is 2.68. The highest BCUT2D eigenvalue weighted by Gasteiger charge is 2.14. The first-order valence-electron chi connectivity index (χ1n) is 6.45. The number of rotatable bonds is 3. The summed E-state index contributed by atoms with van der Waals surface area (Å²) in [5.41, 5.74) is 1.73. The van der Waals surface area contributed by atoms with Crippen LogP contribution in [0.2, 0.25) is 5.02 Å². The molecule has 0 aliphatic carbocycles. The number of benzene rings is 2. The molecule has 0 atom stereocenters. The zero-order chi connectivity index (χ0) is 15.7. The number of nitro groups is 1. The van der Waals surface area contributed by atoms with E-state index < -0.39 is 4.92 Å². The van der Waals surface area contributed by atoms with Crippen molar-refractivity contribution >= 4 is 28.3 Å². The van der Waals surface area contributed by atoms with Gasteiger partial charge in [-0.25, -0.2) is 4.98 Å². The summed E-state index contributed by atoms with van der Waals surface area (Å²) >= 11 is 5.78. The molecule has 110 valence electrons. The van der Waals surface area contributed by atoms with Crippen molar-refractivity contribution in [3.63, 3.8) is 0 Å². The molecule has 1 heterocycles. The maximum atomic E-state index is 12.0. The summed E-state index contributed by atoms with van der Waals surface area (Å²) in [5.74, 6) is 0. The predicted molar refractivity (Wildman–Crippen MR) is 83.3 cm³/mol. The minimum absolute atomic E-state index is 0.0640. The zero-order valence-electron chi connectivity index (χ0n) is 11.2. The Kier molecular flexibility index (Phi) is 3.60. The predicted octanol–water partition coefficient (Wildman–Crippen LogP) is 3.08. The van der Waals surface area contributed by atoms with Crippen LogP contribution in [0.4, 0.5) is 5.69 Å². The van der Waals surface area contributed by atoms with Gasteiger partial charge in [-0.05, 0) is 23.8 Å². The molecule has 7 heteroatoms. The second-order valence-electron chi connectivity index (χ2n) is 4.75. The molecule has 0 saturated heterocycles. The van der Waals surface area contributed by atoms with Gasteiger partial charge in [-0.1, -0.05) is 29.8 Å². The van der Waals surface area contributed by atoms with Crippen molar-refractivity contribution in [1.29, 1.82) is 0 Å². The van der Waals surface area contributed by atoms with Crippen LogP contribution in [-0.2, 0) is 6.42 Å². The van der Waals surface area contributed by atoms with Gasteiger partial charge in [0.25, 0.3) is 11.2 Å². The number of hydrogen-bond donors (Lipinski definition) is 1. The van der Waals surface area contributed by atoms with Crippen LogP contribution in [0.25, 0.3) is 11.0 Å². The molecule has 0 aliphatic rings. The van der Waals surface area contributed by atoms with Gasteiger partial charge in [-0.3, -0.25) is 14.9 Å². The molecule has 22 heavy (non-hydrogen) atoms. The monoisotopic (exact) mass is 315 g/mol. The normalized spacial score (nSPS) is 10.8. The van der Waals surface area contributed by atoms with E-state index >= 15 is 0 Å². The number of hydrogen-bond acceptors (Lipinski definition) is 4. The summed E-state index contributed by atoms with van der Waals surface area (Å²) in [4.78, 5) is 29.5. The smallest absolute Gasteiger partial charge is 0.288 e. The van der Waals surface area contributed by atoms with Crippen LogP contribution < -0.4 is 5.56 Å². The lowest BCUT2D eigenvalue weighted by Gasteiger charge is -2.04. The molecule has 0 saturated carbocycles. The minimum Gasteiger partial charge on any atom is -0.319 e. The van der Waals surface area contributed by atoms with E-state index in [0.29, 0.717) is 22.3 Å². The highest BCUT2D eigenvalue weighted by atomic mass is 35.5. The van der Waals surface area contributed by atoms with Crippen molar-refractivity contribution in [2.24, 2.45) is 0 Å². The standard InChI is InChI=1S/C15H10ClN3O3/c16-10-6-5-9(8-14(10)19(21)22)7-13-15(20)18-12-4-2-1-3-11(12)17-13/h1-6,8H,7H2,(H,18,20). The lowest BCUT2D eigenvalue weighted by atomic mass is 10.1. The number of H-pyrrole nitrogens is 1. The highest BCUT2D eigenvalue weighted by molar-refractivity contribution is 6.32. The number of fused-ring (bicyclic) bond motifs is 1. The quantitative estimate of drug-likeness (QED) is 0.594. The Balaban J connectivity index is 2.03. The molecule has 2 aromatic carbocycles. The molecule has 3 aromatic rings. The largest absolute Gasteiger partial charge is 0.319 e. The molecule has 0 unspecified atom stereocenters. The van der Waals surface area contributed by atoms with Crippen LogP contribution >= 0.6 is 11.6 Å². The minimum atomic E-state index is -0.552. The SMILES string of the molecule is O=c1[nH]c2ccccc2nc1Cc1ccc(Cl)c([N+](=O)[O-])c1. The molecular formula is C15H10ClN3O3.